The van der Waals surface area contributed by atoms with Crippen LogP contribution in [0.1, 0.15) is 12.5 Å². The Morgan fingerprint density at radius 2 is 1.97 bits per heavy atom. The number of fused-ring (bicyclic) bond motifs is 1. The molecule has 0 saturated carbocycles. The summed E-state index contributed by atoms with van der Waals surface area (Å²) in [6, 6.07) is 10.1. The largest absolute Gasteiger partial charge is 0.454 e. The Morgan fingerprint density at radius 1 is 1.12 bits per heavy atom. The standard InChI is InChI=1S/C22H25N5O3S2/c1-2-27-21(19-4-3-11-31-19)23-24-22(27)32-14-20(28)26-9-7-25(8-10-26)13-16-5-6-17-18(12-16)30-15-29-17/h3-6,11-12H,2,7-10,13-15H2,1H3. The van der Waals surface area contributed by atoms with Gasteiger partial charge in [-0.15, -0.1) is 21.5 Å². The van der Waals surface area contributed by atoms with Gasteiger partial charge in [0.25, 0.3) is 0 Å². The molecular formula is C22H25N5O3S2. The number of piperazine rings is 1. The second-order valence-corrected chi connectivity index (χ2v) is 9.55. The normalized spacial score (nSPS) is 16.0. The minimum atomic E-state index is 0.154. The van der Waals surface area contributed by atoms with E-state index < -0.39 is 0 Å². The van der Waals surface area contributed by atoms with Gasteiger partial charge in [0.05, 0.1) is 10.6 Å². The lowest BCUT2D eigenvalue weighted by Gasteiger charge is -2.34. The second kappa shape index (κ2) is 9.51. The van der Waals surface area contributed by atoms with Crippen molar-refractivity contribution in [1.29, 1.82) is 0 Å². The van der Waals surface area contributed by atoms with Crippen molar-refractivity contribution in [2.75, 3.05) is 38.7 Å². The molecule has 168 valence electrons. The first-order valence-corrected chi connectivity index (χ1v) is 12.6. The predicted molar refractivity (Wildman–Crippen MR) is 124 cm³/mol. The molecule has 8 nitrogen and oxygen atoms in total. The zero-order chi connectivity index (χ0) is 21.9. The highest BCUT2D eigenvalue weighted by Gasteiger charge is 2.23. The molecule has 1 aromatic carbocycles. The molecule has 0 bridgehead atoms. The van der Waals surface area contributed by atoms with E-state index in [0.29, 0.717) is 12.5 Å². The summed E-state index contributed by atoms with van der Waals surface area (Å²) in [5, 5.41) is 11.5. The Kier molecular flexibility index (Phi) is 6.33. The maximum absolute atomic E-state index is 12.8. The van der Waals surface area contributed by atoms with Crippen LogP contribution in [0, 0.1) is 0 Å². The van der Waals surface area contributed by atoms with Crippen molar-refractivity contribution < 1.29 is 14.3 Å². The fraction of sp³-hybridized carbons (Fsp3) is 0.409. The molecule has 2 aliphatic heterocycles. The van der Waals surface area contributed by atoms with Crippen molar-refractivity contribution in [2.45, 2.75) is 25.2 Å². The number of benzene rings is 1. The van der Waals surface area contributed by atoms with Crippen LogP contribution < -0.4 is 9.47 Å². The third-order valence-electron chi connectivity index (χ3n) is 5.67. The van der Waals surface area contributed by atoms with Crippen LogP contribution in [0.3, 0.4) is 0 Å². The molecule has 4 heterocycles. The third kappa shape index (κ3) is 4.48. The molecule has 3 aromatic rings. The lowest BCUT2D eigenvalue weighted by Crippen LogP contribution is -2.48. The Hall–Kier alpha value is -2.56. The van der Waals surface area contributed by atoms with E-state index in [0.717, 1.165) is 66.6 Å². The maximum Gasteiger partial charge on any atom is 0.233 e. The van der Waals surface area contributed by atoms with Crippen molar-refractivity contribution in [3.8, 4) is 22.2 Å². The molecule has 1 saturated heterocycles. The van der Waals surface area contributed by atoms with E-state index in [4.69, 9.17) is 9.47 Å². The predicted octanol–water partition coefficient (Wildman–Crippen LogP) is 3.19. The van der Waals surface area contributed by atoms with E-state index in [1.165, 1.54) is 17.3 Å². The smallest absolute Gasteiger partial charge is 0.233 e. The van der Waals surface area contributed by atoms with E-state index in [-0.39, 0.29) is 5.91 Å². The number of thiophene rings is 1. The Balaban J connectivity index is 1.12. The zero-order valence-electron chi connectivity index (χ0n) is 17.9. The second-order valence-electron chi connectivity index (χ2n) is 7.66. The molecule has 2 aromatic heterocycles. The lowest BCUT2D eigenvalue weighted by atomic mass is 10.1. The van der Waals surface area contributed by atoms with E-state index >= 15 is 0 Å². The van der Waals surface area contributed by atoms with Gasteiger partial charge in [0, 0.05) is 39.3 Å². The van der Waals surface area contributed by atoms with Crippen molar-refractivity contribution in [3.05, 3.63) is 41.3 Å². The molecule has 32 heavy (non-hydrogen) atoms. The van der Waals surface area contributed by atoms with Crippen molar-refractivity contribution in [2.24, 2.45) is 0 Å². The number of rotatable bonds is 7. The van der Waals surface area contributed by atoms with Crippen LogP contribution in [0.25, 0.3) is 10.7 Å². The topological polar surface area (TPSA) is 72.7 Å². The van der Waals surface area contributed by atoms with E-state index in [1.54, 1.807) is 11.3 Å². The highest BCUT2D eigenvalue weighted by Crippen LogP contribution is 2.33. The summed E-state index contributed by atoms with van der Waals surface area (Å²) in [7, 11) is 0. The molecule has 0 aliphatic carbocycles. The molecule has 0 spiro atoms. The summed E-state index contributed by atoms with van der Waals surface area (Å²) in [5.41, 5.74) is 1.20. The number of carbonyl (C=O) groups is 1. The van der Waals surface area contributed by atoms with Crippen LogP contribution >= 0.6 is 23.1 Å². The quantitative estimate of drug-likeness (QED) is 0.490. The van der Waals surface area contributed by atoms with Crippen LogP contribution in [-0.2, 0) is 17.9 Å². The first-order valence-electron chi connectivity index (χ1n) is 10.7. The number of nitrogens with zero attached hydrogens (tertiary/aromatic N) is 5. The van der Waals surface area contributed by atoms with Gasteiger partial charge in [-0.25, -0.2) is 0 Å². The first-order chi connectivity index (χ1) is 15.7. The van der Waals surface area contributed by atoms with Gasteiger partial charge in [-0.2, -0.15) is 0 Å². The van der Waals surface area contributed by atoms with Gasteiger partial charge in [0.1, 0.15) is 0 Å². The molecule has 0 atom stereocenters. The van der Waals surface area contributed by atoms with Crippen molar-refractivity contribution >= 4 is 29.0 Å². The fourth-order valence-electron chi connectivity index (χ4n) is 3.94. The zero-order valence-corrected chi connectivity index (χ0v) is 19.5. The maximum atomic E-state index is 12.8. The Morgan fingerprint density at radius 3 is 2.75 bits per heavy atom. The van der Waals surface area contributed by atoms with Crippen molar-refractivity contribution in [1.82, 2.24) is 24.6 Å². The minimum absolute atomic E-state index is 0.154. The molecule has 0 N–H and O–H groups in total. The van der Waals surface area contributed by atoms with Crippen LogP contribution in [0.15, 0.2) is 40.9 Å². The van der Waals surface area contributed by atoms with Gasteiger partial charge in [-0.05, 0) is 36.1 Å². The third-order valence-corrected chi connectivity index (χ3v) is 7.48. The number of ether oxygens (including phenoxy) is 2. The summed E-state index contributed by atoms with van der Waals surface area (Å²) in [4.78, 5) is 18.2. The lowest BCUT2D eigenvalue weighted by molar-refractivity contribution is -0.130. The number of amides is 1. The Bertz CT molecular complexity index is 1080. The molecule has 0 radical (unpaired) electrons. The summed E-state index contributed by atoms with van der Waals surface area (Å²) < 4.78 is 12.9. The van der Waals surface area contributed by atoms with Gasteiger partial charge in [0.2, 0.25) is 12.7 Å². The van der Waals surface area contributed by atoms with Gasteiger partial charge < -0.3 is 18.9 Å². The van der Waals surface area contributed by atoms with Gasteiger partial charge >= 0.3 is 0 Å². The molecule has 2 aliphatic rings. The monoisotopic (exact) mass is 471 g/mol. The number of thioether (sulfide) groups is 1. The molecular weight excluding hydrogens is 446 g/mol. The fourth-order valence-corrected chi connectivity index (χ4v) is 5.56. The van der Waals surface area contributed by atoms with Crippen LogP contribution in [-0.4, -0.2) is 69.2 Å². The van der Waals surface area contributed by atoms with Gasteiger partial charge in [-0.1, -0.05) is 23.9 Å². The van der Waals surface area contributed by atoms with Crippen LogP contribution in [0.2, 0.25) is 0 Å². The summed E-state index contributed by atoms with van der Waals surface area (Å²) >= 11 is 3.12. The molecule has 1 amide bonds. The first kappa shape index (κ1) is 21.3. The molecule has 0 unspecified atom stereocenters. The van der Waals surface area contributed by atoms with E-state index in [2.05, 4.69) is 32.7 Å². The summed E-state index contributed by atoms with van der Waals surface area (Å²) in [5.74, 6) is 3.03. The van der Waals surface area contributed by atoms with E-state index in [1.807, 2.05) is 34.5 Å². The molecule has 10 heteroatoms. The van der Waals surface area contributed by atoms with Gasteiger partial charge in [0.15, 0.2) is 22.5 Å². The molecule has 1 fully saturated rings. The summed E-state index contributed by atoms with van der Waals surface area (Å²) in [6.07, 6.45) is 0. The molecule has 5 rings (SSSR count). The number of aromatic nitrogens is 3. The SMILES string of the molecule is CCn1c(SCC(=O)N2CCN(Cc3ccc4c(c3)OCO4)CC2)nnc1-c1cccs1. The average Bonchev–Trinajstić information content (AvgIpc) is 3.57. The summed E-state index contributed by atoms with van der Waals surface area (Å²) in [6.45, 7) is 7.19. The Labute approximate surface area is 195 Å². The van der Waals surface area contributed by atoms with Crippen molar-refractivity contribution in [3.63, 3.8) is 0 Å². The minimum Gasteiger partial charge on any atom is -0.454 e. The number of hydrogen-bond acceptors (Lipinski definition) is 8. The highest BCUT2D eigenvalue weighted by molar-refractivity contribution is 7.99. The van der Waals surface area contributed by atoms with E-state index in [9.17, 15) is 4.79 Å². The van der Waals surface area contributed by atoms with Crippen LogP contribution in [0.4, 0.5) is 0 Å². The number of carbonyl (C=O) groups excluding carboxylic acids is 1. The highest BCUT2D eigenvalue weighted by atomic mass is 32.2. The average molecular weight is 472 g/mol. The van der Waals surface area contributed by atoms with Gasteiger partial charge in [-0.3, -0.25) is 9.69 Å². The van der Waals surface area contributed by atoms with Crippen LogP contribution in [0.5, 0.6) is 11.5 Å². The number of hydrogen-bond donors (Lipinski definition) is 0.